The van der Waals surface area contributed by atoms with Gasteiger partial charge in [-0.1, -0.05) is 0 Å². The molecule has 0 saturated heterocycles. The number of nitrogens with one attached hydrogen (secondary N) is 1. The minimum Gasteiger partial charge on any atom is -0.493 e. The van der Waals surface area contributed by atoms with Crippen LogP contribution in [0, 0.1) is 0 Å². The first-order valence-corrected chi connectivity index (χ1v) is 7.08. The molecule has 21 heavy (non-hydrogen) atoms. The second kappa shape index (κ2) is 6.63. The summed E-state index contributed by atoms with van der Waals surface area (Å²) in [7, 11) is 3.26. The molecule has 5 heteroatoms. The predicted molar refractivity (Wildman–Crippen MR) is 86.2 cm³/mol. The lowest BCUT2D eigenvalue weighted by molar-refractivity contribution is 0.356. The van der Waals surface area contributed by atoms with Gasteiger partial charge in [0, 0.05) is 23.7 Å². The molecular formula is C16H23N3O2. The lowest BCUT2D eigenvalue weighted by atomic mass is 10.1. The SMILES string of the molecule is COc1cc2ccnc(NC(C)CC(C)N)c2cc1OC. The Hall–Kier alpha value is -2.01. The molecule has 0 saturated carbocycles. The summed E-state index contributed by atoms with van der Waals surface area (Å²) in [5, 5.41) is 5.48. The van der Waals surface area contributed by atoms with Gasteiger partial charge in [0.25, 0.3) is 0 Å². The first kappa shape index (κ1) is 15.4. The molecule has 1 aromatic carbocycles. The van der Waals surface area contributed by atoms with Crippen molar-refractivity contribution in [3.05, 3.63) is 24.4 Å². The lowest BCUT2D eigenvalue weighted by Crippen LogP contribution is -2.26. The Labute approximate surface area is 125 Å². The fourth-order valence-electron chi connectivity index (χ4n) is 2.46. The molecule has 2 rings (SSSR count). The van der Waals surface area contributed by atoms with Gasteiger partial charge in [-0.3, -0.25) is 0 Å². The number of fused-ring (bicyclic) bond motifs is 1. The van der Waals surface area contributed by atoms with E-state index in [2.05, 4.69) is 17.2 Å². The topological polar surface area (TPSA) is 69.4 Å². The van der Waals surface area contributed by atoms with Crippen molar-refractivity contribution in [1.82, 2.24) is 4.98 Å². The smallest absolute Gasteiger partial charge is 0.161 e. The van der Waals surface area contributed by atoms with E-state index in [-0.39, 0.29) is 12.1 Å². The van der Waals surface area contributed by atoms with Gasteiger partial charge in [0.15, 0.2) is 11.5 Å². The Morgan fingerprint density at radius 1 is 1.19 bits per heavy atom. The Balaban J connectivity index is 2.40. The van der Waals surface area contributed by atoms with Crippen LogP contribution in [0.15, 0.2) is 24.4 Å². The standard InChI is InChI=1S/C16H23N3O2/c1-10(17)7-11(2)19-16-13-9-15(21-4)14(20-3)8-12(13)5-6-18-16/h5-6,8-11H,7,17H2,1-4H3,(H,18,19). The molecule has 3 N–H and O–H groups in total. The third-order valence-electron chi connectivity index (χ3n) is 3.38. The first-order chi connectivity index (χ1) is 10.0. The fourth-order valence-corrected chi connectivity index (χ4v) is 2.46. The molecule has 0 radical (unpaired) electrons. The van der Waals surface area contributed by atoms with E-state index in [1.54, 1.807) is 20.4 Å². The van der Waals surface area contributed by atoms with Gasteiger partial charge in [0.1, 0.15) is 5.82 Å². The molecule has 1 heterocycles. The minimum absolute atomic E-state index is 0.150. The summed E-state index contributed by atoms with van der Waals surface area (Å²) in [6.07, 6.45) is 2.67. The van der Waals surface area contributed by atoms with Gasteiger partial charge in [-0.2, -0.15) is 0 Å². The molecule has 0 bridgehead atoms. The number of pyridine rings is 1. The van der Waals surface area contributed by atoms with Crippen molar-refractivity contribution in [2.75, 3.05) is 19.5 Å². The highest BCUT2D eigenvalue weighted by molar-refractivity contribution is 5.94. The molecule has 5 nitrogen and oxygen atoms in total. The lowest BCUT2D eigenvalue weighted by Gasteiger charge is -2.18. The molecule has 114 valence electrons. The van der Waals surface area contributed by atoms with E-state index in [1.165, 1.54) is 0 Å². The largest absolute Gasteiger partial charge is 0.493 e. The van der Waals surface area contributed by atoms with Crippen molar-refractivity contribution >= 4 is 16.6 Å². The Kier molecular flexibility index (Phi) is 4.85. The van der Waals surface area contributed by atoms with Crippen LogP contribution >= 0.6 is 0 Å². The number of nitrogens with zero attached hydrogens (tertiary/aromatic N) is 1. The number of nitrogens with two attached hydrogens (primary N) is 1. The van der Waals surface area contributed by atoms with Crippen molar-refractivity contribution in [2.45, 2.75) is 32.4 Å². The molecule has 0 aliphatic heterocycles. The van der Waals surface area contributed by atoms with E-state index in [4.69, 9.17) is 15.2 Å². The van der Waals surface area contributed by atoms with E-state index >= 15 is 0 Å². The van der Waals surface area contributed by atoms with Gasteiger partial charge in [-0.05, 0) is 43.9 Å². The first-order valence-electron chi connectivity index (χ1n) is 7.08. The number of methoxy groups -OCH3 is 2. The molecule has 0 spiro atoms. The van der Waals surface area contributed by atoms with Crippen LogP contribution in [0.1, 0.15) is 20.3 Å². The maximum absolute atomic E-state index is 5.85. The highest BCUT2D eigenvalue weighted by Crippen LogP contribution is 2.34. The summed E-state index contributed by atoms with van der Waals surface area (Å²) < 4.78 is 10.7. The highest BCUT2D eigenvalue weighted by atomic mass is 16.5. The molecule has 0 amide bonds. The molecular weight excluding hydrogens is 266 g/mol. The Bertz CT molecular complexity index is 614. The maximum Gasteiger partial charge on any atom is 0.161 e. The normalized spacial score (nSPS) is 13.8. The molecule has 1 aromatic heterocycles. The van der Waals surface area contributed by atoms with E-state index in [9.17, 15) is 0 Å². The van der Waals surface area contributed by atoms with Crippen LogP contribution in [0.4, 0.5) is 5.82 Å². The quantitative estimate of drug-likeness (QED) is 0.855. The summed E-state index contributed by atoms with van der Waals surface area (Å²) in [6.45, 7) is 4.10. The number of anilines is 1. The van der Waals surface area contributed by atoms with Gasteiger partial charge in [0.05, 0.1) is 14.2 Å². The monoisotopic (exact) mass is 289 g/mol. The van der Waals surface area contributed by atoms with Crippen LogP contribution in [0.2, 0.25) is 0 Å². The number of benzene rings is 1. The summed E-state index contributed by atoms with van der Waals surface area (Å²) >= 11 is 0. The summed E-state index contributed by atoms with van der Waals surface area (Å²) in [6, 6.07) is 6.26. The van der Waals surface area contributed by atoms with Crippen LogP contribution < -0.4 is 20.5 Å². The van der Waals surface area contributed by atoms with Crippen molar-refractivity contribution in [1.29, 1.82) is 0 Å². The Morgan fingerprint density at radius 3 is 2.48 bits per heavy atom. The zero-order chi connectivity index (χ0) is 15.4. The Morgan fingerprint density at radius 2 is 1.86 bits per heavy atom. The second-order valence-electron chi connectivity index (χ2n) is 5.35. The zero-order valence-electron chi connectivity index (χ0n) is 13.0. The van der Waals surface area contributed by atoms with Crippen molar-refractivity contribution in [2.24, 2.45) is 5.73 Å². The third-order valence-corrected chi connectivity index (χ3v) is 3.38. The zero-order valence-corrected chi connectivity index (χ0v) is 13.0. The minimum atomic E-state index is 0.150. The van der Waals surface area contributed by atoms with Crippen LogP contribution in [0.5, 0.6) is 11.5 Å². The number of ether oxygens (including phenoxy) is 2. The van der Waals surface area contributed by atoms with Crippen molar-refractivity contribution in [3.63, 3.8) is 0 Å². The molecule has 0 aliphatic carbocycles. The van der Waals surface area contributed by atoms with Crippen LogP contribution in [-0.2, 0) is 0 Å². The average molecular weight is 289 g/mol. The second-order valence-corrected chi connectivity index (χ2v) is 5.35. The fraction of sp³-hybridized carbons (Fsp3) is 0.438. The summed E-state index contributed by atoms with van der Waals surface area (Å²) in [5.74, 6) is 2.24. The van der Waals surface area contributed by atoms with E-state index in [0.29, 0.717) is 11.5 Å². The molecule has 2 atom stereocenters. The van der Waals surface area contributed by atoms with Gasteiger partial charge < -0.3 is 20.5 Å². The van der Waals surface area contributed by atoms with Crippen LogP contribution in [0.3, 0.4) is 0 Å². The number of rotatable bonds is 6. The number of hydrogen-bond donors (Lipinski definition) is 2. The molecule has 2 aromatic rings. The average Bonchev–Trinajstić information content (AvgIpc) is 2.45. The van der Waals surface area contributed by atoms with E-state index in [0.717, 1.165) is 23.0 Å². The summed E-state index contributed by atoms with van der Waals surface area (Å²) in [5.41, 5.74) is 5.85. The number of hydrogen-bond acceptors (Lipinski definition) is 5. The van der Waals surface area contributed by atoms with Gasteiger partial charge >= 0.3 is 0 Å². The molecule has 2 unspecified atom stereocenters. The van der Waals surface area contributed by atoms with Gasteiger partial charge in [-0.25, -0.2) is 4.98 Å². The maximum atomic E-state index is 5.85. The molecule has 0 fully saturated rings. The van der Waals surface area contributed by atoms with E-state index in [1.807, 2.05) is 25.1 Å². The van der Waals surface area contributed by atoms with Gasteiger partial charge in [-0.15, -0.1) is 0 Å². The van der Waals surface area contributed by atoms with Crippen LogP contribution in [-0.4, -0.2) is 31.3 Å². The highest BCUT2D eigenvalue weighted by Gasteiger charge is 2.12. The van der Waals surface area contributed by atoms with Crippen molar-refractivity contribution < 1.29 is 9.47 Å². The third kappa shape index (κ3) is 3.55. The van der Waals surface area contributed by atoms with Gasteiger partial charge in [0.2, 0.25) is 0 Å². The predicted octanol–water partition coefficient (Wildman–Crippen LogP) is 2.79. The number of aromatic nitrogens is 1. The summed E-state index contributed by atoms with van der Waals surface area (Å²) in [4.78, 5) is 4.44. The van der Waals surface area contributed by atoms with E-state index < -0.39 is 0 Å². The molecule has 0 aliphatic rings. The van der Waals surface area contributed by atoms with Crippen molar-refractivity contribution in [3.8, 4) is 11.5 Å². The van der Waals surface area contributed by atoms with Crippen LogP contribution in [0.25, 0.3) is 10.8 Å².